The van der Waals surface area contributed by atoms with Crippen LogP contribution < -0.4 is 5.32 Å². The minimum atomic E-state index is -4.24. The lowest BCUT2D eigenvalue weighted by molar-refractivity contribution is -0.141. The number of carbonyl (C=O) groups excluding carboxylic acids is 3. The first-order valence-electron chi connectivity index (χ1n) is 12.8. The Labute approximate surface area is 243 Å². The van der Waals surface area contributed by atoms with E-state index in [4.69, 9.17) is 23.2 Å². The lowest BCUT2D eigenvalue weighted by Gasteiger charge is -2.33. The van der Waals surface area contributed by atoms with Crippen molar-refractivity contribution >= 4 is 50.9 Å². The molecule has 0 saturated heterocycles. The molecule has 0 spiro atoms. The molecule has 11 heteroatoms. The molecule has 2 atom stereocenters. The van der Waals surface area contributed by atoms with Crippen molar-refractivity contribution < 1.29 is 22.8 Å². The number of nitrogens with zero attached hydrogens (tertiary/aromatic N) is 2. The third-order valence-corrected chi connectivity index (χ3v) is 9.33. The topological polar surface area (TPSA) is 104 Å². The van der Waals surface area contributed by atoms with Crippen LogP contribution >= 0.6 is 23.2 Å². The van der Waals surface area contributed by atoms with Gasteiger partial charge in [-0.3, -0.25) is 14.4 Å². The Balaban J connectivity index is 1.73. The molecule has 8 nitrogen and oxygen atoms in total. The van der Waals surface area contributed by atoms with Crippen LogP contribution in [-0.4, -0.2) is 54.0 Å². The average molecular weight is 603 g/mol. The molecule has 4 rings (SSSR count). The molecule has 0 aromatic heterocycles. The van der Waals surface area contributed by atoms with E-state index in [0.717, 1.165) is 5.56 Å². The van der Waals surface area contributed by atoms with Crippen LogP contribution in [0.25, 0.3) is 0 Å². The molecule has 0 radical (unpaired) electrons. The maximum Gasteiger partial charge on any atom is 0.269 e. The van der Waals surface area contributed by atoms with Crippen molar-refractivity contribution in [2.75, 3.05) is 6.54 Å². The van der Waals surface area contributed by atoms with Crippen molar-refractivity contribution in [2.45, 2.75) is 50.2 Å². The van der Waals surface area contributed by atoms with Gasteiger partial charge in [-0.1, -0.05) is 78.7 Å². The van der Waals surface area contributed by atoms with Gasteiger partial charge in [-0.15, -0.1) is 0 Å². The third-order valence-electron chi connectivity index (χ3n) is 6.80. The largest absolute Gasteiger partial charge is 0.352 e. The molecule has 40 heavy (non-hydrogen) atoms. The summed E-state index contributed by atoms with van der Waals surface area (Å²) in [4.78, 5) is 41.8. The maximum atomic E-state index is 14.0. The van der Waals surface area contributed by atoms with Crippen LogP contribution in [0.4, 0.5) is 0 Å². The molecule has 1 aliphatic rings. The van der Waals surface area contributed by atoms with Gasteiger partial charge in [0.25, 0.3) is 15.9 Å². The molecule has 0 fully saturated rings. The van der Waals surface area contributed by atoms with Crippen LogP contribution in [0.5, 0.6) is 0 Å². The summed E-state index contributed by atoms with van der Waals surface area (Å²) in [6.45, 7) is 2.95. The van der Waals surface area contributed by atoms with E-state index in [1.807, 2.05) is 44.2 Å². The van der Waals surface area contributed by atoms with E-state index in [1.54, 1.807) is 24.3 Å². The van der Waals surface area contributed by atoms with Gasteiger partial charge in [-0.05, 0) is 48.7 Å². The number of hydrogen-bond donors (Lipinski definition) is 1. The Morgan fingerprint density at radius 1 is 0.950 bits per heavy atom. The zero-order chi connectivity index (χ0) is 29.0. The fourth-order valence-electron chi connectivity index (χ4n) is 4.43. The van der Waals surface area contributed by atoms with E-state index in [1.165, 1.54) is 23.1 Å². The van der Waals surface area contributed by atoms with Gasteiger partial charge in [0.05, 0.1) is 15.6 Å². The Kier molecular flexibility index (Phi) is 9.18. The molecule has 3 aromatic carbocycles. The smallest absolute Gasteiger partial charge is 0.269 e. The molecular formula is C29H29Cl2N3O5S. The second kappa shape index (κ2) is 12.4. The van der Waals surface area contributed by atoms with Crippen molar-refractivity contribution in [2.24, 2.45) is 0 Å². The van der Waals surface area contributed by atoms with Crippen LogP contribution in [0.3, 0.4) is 0 Å². The van der Waals surface area contributed by atoms with Crippen molar-refractivity contribution in [1.82, 2.24) is 14.5 Å². The lowest BCUT2D eigenvalue weighted by Crippen LogP contribution is -2.54. The van der Waals surface area contributed by atoms with E-state index in [0.29, 0.717) is 21.3 Å². The van der Waals surface area contributed by atoms with E-state index >= 15 is 0 Å². The molecule has 0 aliphatic carbocycles. The predicted molar refractivity (Wildman–Crippen MR) is 154 cm³/mol. The minimum Gasteiger partial charge on any atom is -0.352 e. The SMILES string of the molecule is CC[C@H](C)NC(=O)[C@@H](Cc1ccccc1)N(Cc1ccc(Cl)c(Cl)c1)C(=O)CN1C(=O)c2ccccc2S1(=O)=O. The summed E-state index contributed by atoms with van der Waals surface area (Å²) < 4.78 is 27.0. The summed E-state index contributed by atoms with van der Waals surface area (Å²) >= 11 is 12.3. The Bertz CT molecular complexity index is 1530. The number of carbonyl (C=O) groups is 3. The number of fused-ring (bicyclic) bond motifs is 1. The summed E-state index contributed by atoms with van der Waals surface area (Å²) in [6, 6.07) is 18.7. The molecule has 1 heterocycles. The highest BCUT2D eigenvalue weighted by Gasteiger charge is 2.43. The number of rotatable bonds is 10. The summed E-state index contributed by atoms with van der Waals surface area (Å²) in [5, 5.41) is 3.54. The highest BCUT2D eigenvalue weighted by Crippen LogP contribution is 2.30. The Hall–Kier alpha value is -3.40. The normalized spacial score (nSPS) is 15.3. The lowest BCUT2D eigenvalue weighted by atomic mass is 10.0. The number of amides is 3. The number of nitrogens with one attached hydrogen (secondary N) is 1. The van der Waals surface area contributed by atoms with Gasteiger partial charge in [-0.25, -0.2) is 12.7 Å². The van der Waals surface area contributed by atoms with E-state index in [9.17, 15) is 22.8 Å². The number of benzene rings is 3. The third kappa shape index (κ3) is 6.32. The van der Waals surface area contributed by atoms with Crippen LogP contribution in [0.15, 0.2) is 77.7 Å². The van der Waals surface area contributed by atoms with Crippen molar-refractivity contribution in [3.8, 4) is 0 Å². The molecule has 3 amide bonds. The van der Waals surface area contributed by atoms with E-state index < -0.39 is 40.3 Å². The van der Waals surface area contributed by atoms with Gasteiger partial charge in [0, 0.05) is 19.0 Å². The average Bonchev–Trinajstić information content (AvgIpc) is 3.13. The summed E-state index contributed by atoms with van der Waals surface area (Å²) in [7, 11) is -4.24. The second-order valence-electron chi connectivity index (χ2n) is 9.61. The van der Waals surface area contributed by atoms with Gasteiger partial charge < -0.3 is 10.2 Å². The van der Waals surface area contributed by atoms with Crippen LogP contribution in [0.1, 0.15) is 41.8 Å². The van der Waals surface area contributed by atoms with Crippen molar-refractivity contribution in [3.63, 3.8) is 0 Å². The minimum absolute atomic E-state index is 0.00156. The van der Waals surface area contributed by atoms with Crippen LogP contribution in [-0.2, 0) is 32.6 Å². The van der Waals surface area contributed by atoms with Crippen molar-refractivity contribution in [1.29, 1.82) is 0 Å². The quantitative estimate of drug-likeness (QED) is 0.363. The highest BCUT2D eigenvalue weighted by molar-refractivity contribution is 7.90. The summed E-state index contributed by atoms with van der Waals surface area (Å²) in [5.74, 6) is -1.90. The standard InChI is InChI=1S/C29H29Cl2N3O5S/c1-3-19(2)32-28(36)25(16-20-9-5-4-6-10-20)33(17-21-13-14-23(30)24(31)15-21)27(35)18-34-29(37)22-11-7-8-12-26(22)40(34,38)39/h4-15,19,25H,3,16-18H2,1-2H3,(H,32,36)/t19-,25+/m0/s1. The number of hydrogen-bond acceptors (Lipinski definition) is 5. The molecule has 0 saturated carbocycles. The summed E-state index contributed by atoms with van der Waals surface area (Å²) in [6.07, 6.45) is 0.834. The molecule has 1 N–H and O–H groups in total. The first kappa shape index (κ1) is 29.6. The van der Waals surface area contributed by atoms with Crippen LogP contribution in [0, 0.1) is 0 Å². The van der Waals surface area contributed by atoms with Gasteiger partial charge in [-0.2, -0.15) is 0 Å². The zero-order valence-corrected chi connectivity index (χ0v) is 24.3. The first-order valence-corrected chi connectivity index (χ1v) is 15.0. The van der Waals surface area contributed by atoms with Gasteiger partial charge >= 0.3 is 0 Å². The molecule has 0 bridgehead atoms. The molecular weight excluding hydrogens is 573 g/mol. The van der Waals surface area contributed by atoms with E-state index in [2.05, 4.69) is 5.32 Å². The fraction of sp³-hybridized carbons (Fsp3) is 0.276. The van der Waals surface area contributed by atoms with Crippen molar-refractivity contribution in [3.05, 3.63) is 99.5 Å². The highest BCUT2D eigenvalue weighted by atomic mass is 35.5. The second-order valence-corrected chi connectivity index (χ2v) is 12.3. The number of halogens is 2. The van der Waals surface area contributed by atoms with Gasteiger partial charge in [0.1, 0.15) is 17.5 Å². The maximum absolute atomic E-state index is 14.0. The molecule has 1 aliphatic heterocycles. The molecule has 3 aromatic rings. The first-order chi connectivity index (χ1) is 19.0. The molecule has 210 valence electrons. The zero-order valence-electron chi connectivity index (χ0n) is 22.0. The Morgan fingerprint density at radius 3 is 2.27 bits per heavy atom. The summed E-state index contributed by atoms with van der Waals surface area (Å²) in [5.41, 5.74) is 1.38. The number of sulfonamides is 1. The monoisotopic (exact) mass is 601 g/mol. The van der Waals surface area contributed by atoms with Gasteiger partial charge in [0.2, 0.25) is 11.8 Å². The van der Waals surface area contributed by atoms with Crippen LogP contribution in [0.2, 0.25) is 10.0 Å². The van der Waals surface area contributed by atoms with E-state index in [-0.39, 0.29) is 34.5 Å². The fourth-order valence-corrected chi connectivity index (χ4v) is 6.27. The molecule has 0 unspecified atom stereocenters. The predicted octanol–water partition coefficient (Wildman–Crippen LogP) is 4.69. The van der Waals surface area contributed by atoms with Gasteiger partial charge in [0.15, 0.2) is 0 Å². The Morgan fingerprint density at radius 2 is 1.62 bits per heavy atom.